The standard InChI is InChI=1S/C23H26BrN3O3S/c1-14-9-10-18(15(2)11-14)26-23-27(16(3)13-30-4)22(29)20(31-23)12-21(28)25-19-8-6-5-7-17(19)24/h5-11,16,20H,12-13H2,1-4H3,(H,25,28)/t16-,20-/m0/s1. The zero-order valence-electron chi connectivity index (χ0n) is 18.0. The van der Waals surface area contributed by atoms with E-state index >= 15 is 0 Å². The van der Waals surface area contributed by atoms with Crippen molar-refractivity contribution in [2.75, 3.05) is 19.0 Å². The second kappa shape index (κ2) is 10.4. The first-order valence-corrected chi connectivity index (χ1v) is 11.7. The smallest absolute Gasteiger partial charge is 0.243 e. The van der Waals surface area contributed by atoms with Crippen LogP contribution < -0.4 is 5.32 Å². The van der Waals surface area contributed by atoms with Crippen molar-refractivity contribution < 1.29 is 14.3 Å². The molecule has 2 atom stereocenters. The molecule has 0 unspecified atom stereocenters. The van der Waals surface area contributed by atoms with Crippen LogP contribution in [0, 0.1) is 13.8 Å². The predicted molar refractivity (Wildman–Crippen MR) is 130 cm³/mol. The van der Waals surface area contributed by atoms with E-state index in [0.29, 0.717) is 17.5 Å². The molecule has 6 nitrogen and oxygen atoms in total. The lowest BCUT2D eigenvalue weighted by atomic mass is 10.1. The minimum atomic E-state index is -0.536. The number of halogens is 1. The topological polar surface area (TPSA) is 71.0 Å². The summed E-state index contributed by atoms with van der Waals surface area (Å²) >= 11 is 4.76. The molecular weight excluding hydrogens is 478 g/mol. The second-order valence-electron chi connectivity index (χ2n) is 7.54. The van der Waals surface area contributed by atoms with Crippen LogP contribution in [0.5, 0.6) is 0 Å². The van der Waals surface area contributed by atoms with Crippen molar-refractivity contribution >= 4 is 56.0 Å². The van der Waals surface area contributed by atoms with Crippen LogP contribution >= 0.6 is 27.7 Å². The molecule has 3 rings (SSSR count). The highest BCUT2D eigenvalue weighted by Crippen LogP contribution is 2.34. The summed E-state index contributed by atoms with van der Waals surface area (Å²) in [5, 5.41) is 2.93. The molecule has 1 heterocycles. The van der Waals surface area contributed by atoms with Crippen molar-refractivity contribution in [2.45, 2.75) is 38.5 Å². The fraction of sp³-hybridized carbons (Fsp3) is 0.348. The van der Waals surface area contributed by atoms with Crippen molar-refractivity contribution in [2.24, 2.45) is 4.99 Å². The Bertz CT molecular complexity index is 1010. The number of amides is 2. The van der Waals surface area contributed by atoms with Crippen LogP contribution in [0.1, 0.15) is 24.5 Å². The Labute approximate surface area is 195 Å². The number of hydrogen-bond acceptors (Lipinski definition) is 5. The maximum Gasteiger partial charge on any atom is 0.243 e. The fourth-order valence-electron chi connectivity index (χ4n) is 3.38. The molecule has 1 saturated heterocycles. The molecule has 31 heavy (non-hydrogen) atoms. The van der Waals surface area contributed by atoms with Crippen LogP contribution in [0.2, 0.25) is 0 Å². The van der Waals surface area contributed by atoms with Gasteiger partial charge in [0.2, 0.25) is 11.8 Å². The number of nitrogens with zero attached hydrogens (tertiary/aromatic N) is 2. The van der Waals surface area contributed by atoms with Crippen molar-refractivity contribution in [3.63, 3.8) is 0 Å². The third kappa shape index (κ3) is 5.75. The first-order valence-electron chi connectivity index (χ1n) is 9.99. The quantitative estimate of drug-likeness (QED) is 0.572. The van der Waals surface area contributed by atoms with Gasteiger partial charge in [-0.05, 0) is 60.5 Å². The summed E-state index contributed by atoms with van der Waals surface area (Å²) in [6.45, 7) is 6.33. The highest BCUT2D eigenvalue weighted by Gasteiger charge is 2.41. The maximum absolute atomic E-state index is 13.2. The van der Waals surface area contributed by atoms with Gasteiger partial charge in [-0.3, -0.25) is 14.5 Å². The molecule has 2 amide bonds. The van der Waals surface area contributed by atoms with Gasteiger partial charge in [-0.2, -0.15) is 0 Å². The molecule has 1 N–H and O–H groups in total. The average molecular weight is 504 g/mol. The number of hydrogen-bond donors (Lipinski definition) is 1. The largest absolute Gasteiger partial charge is 0.383 e. The summed E-state index contributed by atoms with van der Waals surface area (Å²) in [5.41, 5.74) is 3.68. The summed E-state index contributed by atoms with van der Waals surface area (Å²) in [4.78, 5) is 32.3. The van der Waals surface area contributed by atoms with Crippen LogP contribution in [0.4, 0.5) is 11.4 Å². The van der Waals surface area contributed by atoms with Gasteiger partial charge < -0.3 is 10.1 Å². The van der Waals surface area contributed by atoms with Crippen LogP contribution in [-0.2, 0) is 14.3 Å². The number of benzene rings is 2. The lowest BCUT2D eigenvalue weighted by molar-refractivity contribution is -0.130. The lowest BCUT2D eigenvalue weighted by Gasteiger charge is -2.23. The summed E-state index contributed by atoms with van der Waals surface area (Å²) in [6, 6.07) is 13.2. The van der Waals surface area contributed by atoms with E-state index in [2.05, 4.69) is 27.3 Å². The average Bonchev–Trinajstić information content (AvgIpc) is 3.01. The minimum Gasteiger partial charge on any atom is -0.383 e. The predicted octanol–water partition coefficient (Wildman–Crippen LogP) is 5.06. The van der Waals surface area contributed by atoms with Gasteiger partial charge >= 0.3 is 0 Å². The summed E-state index contributed by atoms with van der Waals surface area (Å²) < 4.78 is 6.06. The first-order chi connectivity index (χ1) is 14.8. The molecule has 0 aromatic heterocycles. The third-order valence-electron chi connectivity index (χ3n) is 4.90. The molecule has 8 heteroatoms. The van der Waals surface area contributed by atoms with E-state index in [-0.39, 0.29) is 24.3 Å². The van der Waals surface area contributed by atoms with Crippen molar-refractivity contribution in [1.29, 1.82) is 0 Å². The van der Waals surface area contributed by atoms with Gasteiger partial charge in [0.05, 0.1) is 24.0 Å². The molecule has 2 aromatic carbocycles. The van der Waals surface area contributed by atoms with E-state index in [1.54, 1.807) is 12.0 Å². The number of anilines is 1. The van der Waals surface area contributed by atoms with Gasteiger partial charge in [-0.1, -0.05) is 41.6 Å². The van der Waals surface area contributed by atoms with Crippen LogP contribution in [0.3, 0.4) is 0 Å². The molecule has 0 aliphatic carbocycles. The number of thioether (sulfide) groups is 1. The van der Waals surface area contributed by atoms with E-state index in [1.165, 1.54) is 11.8 Å². The highest BCUT2D eigenvalue weighted by molar-refractivity contribution is 9.10. The molecule has 1 fully saturated rings. The van der Waals surface area contributed by atoms with E-state index < -0.39 is 5.25 Å². The molecule has 2 aromatic rings. The Morgan fingerprint density at radius 3 is 2.71 bits per heavy atom. The van der Waals surface area contributed by atoms with Crippen molar-refractivity contribution in [3.8, 4) is 0 Å². The van der Waals surface area contributed by atoms with E-state index in [0.717, 1.165) is 21.3 Å². The van der Waals surface area contributed by atoms with Gasteiger partial charge in [-0.25, -0.2) is 4.99 Å². The van der Waals surface area contributed by atoms with E-state index in [4.69, 9.17) is 9.73 Å². The normalized spacial score (nSPS) is 18.5. The highest BCUT2D eigenvalue weighted by atomic mass is 79.9. The first kappa shape index (κ1) is 23.5. The molecule has 0 bridgehead atoms. The third-order valence-corrected chi connectivity index (χ3v) is 6.75. The summed E-state index contributed by atoms with van der Waals surface area (Å²) in [7, 11) is 1.60. The van der Waals surface area contributed by atoms with E-state index in [1.807, 2.05) is 57.2 Å². The molecule has 164 valence electrons. The van der Waals surface area contributed by atoms with Gasteiger partial charge in [0.25, 0.3) is 0 Å². The number of ether oxygens (including phenoxy) is 1. The Hall–Kier alpha value is -2.16. The minimum absolute atomic E-state index is 0.0624. The Balaban J connectivity index is 1.82. The number of amidine groups is 1. The van der Waals surface area contributed by atoms with Crippen molar-refractivity contribution in [1.82, 2.24) is 4.90 Å². The number of carbonyl (C=O) groups excluding carboxylic acids is 2. The molecule has 0 spiro atoms. The number of para-hydroxylation sites is 1. The Kier molecular flexibility index (Phi) is 7.91. The number of aryl methyl sites for hydroxylation is 2. The van der Waals surface area contributed by atoms with Gasteiger partial charge in [0.15, 0.2) is 5.17 Å². The van der Waals surface area contributed by atoms with Crippen LogP contribution in [-0.4, -0.2) is 46.9 Å². The fourth-order valence-corrected chi connectivity index (χ4v) is 5.00. The Morgan fingerprint density at radius 2 is 2.03 bits per heavy atom. The Morgan fingerprint density at radius 1 is 1.29 bits per heavy atom. The van der Waals surface area contributed by atoms with Gasteiger partial charge in [0.1, 0.15) is 5.25 Å². The second-order valence-corrected chi connectivity index (χ2v) is 9.56. The number of methoxy groups -OCH3 is 1. The lowest BCUT2D eigenvalue weighted by Crippen LogP contribution is -2.42. The monoisotopic (exact) mass is 503 g/mol. The summed E-state index contributed by atoms with van der Waals surface area (Å²) in [5.74, 6) is -0.342. The van der Waals surface area contributed by atoms with Gasteiger partial charge in [-0.15, -0.1) is 0 Å². The number of aliphatic imine (C=N–C) groups is 1. The zero-order chi connectivity index (χ0) is 22.5. The van der Waals surface area contributed by atoms with E-state index in [9.17, 15) is 9.59 Å². The zero-order valence-corrected chi connectivity index (χ0v) is 20.4. The molecule has 1 aliphatic rings. The van der Waals surface area contributed by atoms with Crippen LogP contribution in [0.25, 0.3) is 0 Å². The van der Waals surface area contributed by atoms with Crippen LogP contribution in [0.15, 0.2) is 51.9 Å². The maximum atomic E-state index is 13.2. The number of rotatable bonds is 7. The molecule has 0 saturated carbocycles. The molecule has 1 aliphatic heterocycles. The number of nitrogens with one attached hydrogen (secondary N) is 1. The number of carbonyl (C=O) groups is 2. The van der Waals surface area contributed by atoms with Gasteiger partial charge in [0, 0.05) is 18.0 Å². The van der Waals surface area contributed by atoms with Crippen molar-refractivity contribution in [3.05, 3.63) is 58.1 Å². The SMILES string of the molecule is COC[C@H](C)N1C(=O)[C@H](CC(=O)Nc2ccccc2Br)SC1=Nc1ccc(C)cc1C. The molecule has 0 radical (unpaired) electrons. The summed E-state index contributed by atoms with van der Waals surface area (Å²) in [6.07, 6.45) is 0.0624. The molecular formula is C23H26BrN3O3S.